The summed E-state index contributed by atoms with van der Waals surface area (Å²) in [5.41, 5.74) is 0.891. The van der Waals surface area contributed by atoms with Crippen LogP contribution < -0.4 is 10.6 Å². The Morgan fingerprint density at radius 3 is 2.81 bits per heavy atom. The lowest BCUT2D eigenvalue weighted by molar-refractivity contribution is 0.00246. The van der Waals surface area contributed by atoms with E-state index >= 15 is 0 Å². The molecule has 0 radical (unpaired) electrons. The van der Waals surface area contributed by atoms with Crippen molar-refractivity contribution in [3.8, 4) is 0 Å². The molecule has 0 saturated carbocycles. The Labute approximate surface area is 154 Å². The molecule has 0 aliphatic carbocycles. The standard InChI is InChI=1S/C19H29FN4O2/c1-21-19(22-12-15-3-2-4-17(20)11-15)23-13-18(16-5-8-26-14-16)24-6-9-25-10-7-24/h2-4,11,16,18H,5-10,12-14H2,1H3,(H2,21,22,23). The summed E-state index contributed by atoms with van der Waals surface area (Å²) in [6.45, 7) is 6.49. The average molecular weight is 364 g/mol. The van der Waals surface area contributed by atoms with E-state index in [1.165, 1.54) is 12.1 Å². The van der Waals surface area contributed by atoms with Crippen LogP contribution in [0.3, 0.4) is 0 Å². The summed E-state index contributed by atoms with van der Waals surface area (Å²) < 4.78 is 24.4. The summed E-state index contributed by atoms with van der Waals surface area (Å²) in [4.78, 5) is 6.79. The molecule has 1 aromatic carbocycles. The van der Waals surface area contributed by atoms with Crippen LogP contribution in [-0.4, -0.2) is 70.0 Å². The highest BCUT2D eigenvalue weighted by atomic mass is 19.1. The van der Waals surface area contributed by atoms with E-state index in [1.807, 2.05) is 6.07 Å². The average Bonchev–Trinajstić information content (AvgIpc) is 3.20. The summed E-state index contributed by atoms with van der Waals surface area (Å²) >= 11 is 0. The predicted molar refractivity (Wildman–Crippen MR) is 99.7 cm³/mol. The molecule has 2 N–H and O–H groups in total. The maximum Gasteiger partial charge on any atom is 0.191 e. The van der Waals surface area contributed by atoms with Crippen LogP contribution in [0.5, 0.6) is 0 Å². The van der Waals surface area contributed by atoms with Crippen LogP contribution in [0, 0.1) is 11.7 Å². The van der Waals surface area contributed by atoms with Crippen molar-refractivity contribution in [2.45, 2.75) is 19.0 Å². The maximum atomic E-state index is 13.3. The molecule has 2 heterocycles. The molecule has 0 aromatic heterocycles. The molecule has 2 aliphatic rings. The van der Waals surface area contributed by atoms with E-state index in [-0.39, 0.29) is 5.82 Å². The largest absolute Gasteiger partial charge is 0.381 e. The van der Waals surface area contributed by atoms with E-state index in [4.69, 9.17) is 9.47 Å². The fourth-order valence-electron chi connectivity index (χ4n) is 3.61. The maximum absolute atomic E-state index is 13.3. The van der Waals surface area contributed by atoms with Crippen LogP contribution in [0.25, 0.3) is 0 Å². The molecule has 2 atom stereocenters. The van der Waals surface area contributed by atoms with Crippen LogP contribution in [0.2, 0.25) is 0 Å². The van der Waals surface area contributed by atoms with E-state index in [9.17, 15) is 4.39 Å². The Balaban J connectivity index is 1.53. The molecule has 0 bridgehead atoms. The molecule has 2 saturated heterocycles. The summed E-state index contributed by atoms with van der Waals surface area (Å²) in [6.07, 6.45) is 1.10. The number of benzene rings is 1. The first-order valence-electron chi connectivity index (χ1n) is 9.35. The molecule has 6 nitrogen and oxygen atoms in total. The highest BCUT2D eigenvalue weighted by molar-refractivity contribution is 5.79. The number of morpholine rings is 1. The van der Waals surface area contributed by atoms with Gasteiger partial charge in [0.25, 0.3) is 0 Å². The van der Waals surface area contributed by atoms with E-state index in [0.717, 1.165) is 64.0 Å². The molecular weight excluding hydrogens is 335 g/mol. The van der Waals surface area contributed by atoms with Crippen LogP contribution in [0.4, 0.5) is 4.39 Å². The minimum Gasteiger partial charge on any atom is -0.381 e. The van der Waals surface area contributed by atoms with Crippen molar-refractivity contribution in [1.29, 1.82) is 0 Å². The zero-order valence-corrected chi connectivity index (χ0v) is 15.4. The number of halogens is 1. The van der Waals surface area contributed by atoms with Gasteiger partial charge in [0.15, 0.2) is 5.96 Å². The lowest BCUT2D eigenvalue weighted by atomic mass is 9.97. The van der Waals surface area contributed by atoms with Gasteiger partial charge in [0, 0.05) is 51.8 Å². The number of nitrogens with one attached hydrogen (secondary N) is 2. The molecule has 2 fully saturated rings. The van der Waals surface area contributed by atoms with E-state index in [1.54, 1.807) is 13.1 Å². The molecule has 0 spiro atoms. The van der Waals surface area contributed by atoms with E-state index in [0.29, 0.717) is 18.5 Å². The number of nitrogens with zero attached hydrogens (tertiary/aromatic N) is 2. The summed E-state index contributed by atoms with van der Waals surface area (Å²) in [6, 6.07) is 7.00. The van der Waals surface area contributed by atoms with Gasteiger partial charge in [-0.3, -0.25) is 9.89 Å². The zero-order valence-electron chi connectivity index (χ0n) is 15.4. The first kappa shape index (κ1) is 19.1. The van der Waals surface area contributed by atoms with Gasteiger partial charge in [0.2, 0.25) is 0 Å². The second-order valence-electron chi connectivity index (χ2n) is 6.78. The van der Waals surface area contributed by atoms with Crippen LogP contribution in [-0.2, 0) is 16.0 Å². The molecule has 0 amide bonds. The Hall–Kier alpha value is -1.70. The van der Waals surface area contributed by atoms with Crippen LogP contribution >= 0.6 is 0 Å². The molecule has 26 heavy (non-hydrogen) atoms. The van der Waals surface area contributed by atoms with Crippen molar-refractivity contribution >= 4 is 5.96 Å². The fourth-order valence-corrected chi connectivity index (χ4v) is 3.61. The van der Waals surface area contributed by atoms with Gasteiger partial charge in [-0.15, -0.1) is 0 Å². The smallest absolute Gasteiger partial charge is 0.191 e. The minimum atomic E-state index is -0.221. The van der Waals surface area contributed by atoms with Gasteiger partial charge in [0.05, 0.1) is 19.8 Å². The predicted octanol–water partition coefficient (Wildman–Crippen LogP) is 1.23. The summed E-state index contributed by atoms with van der Waals surface area (Å²) in [5.74, 6) is 1.04. The highest BCUT2D eigenvalue weighted by Crippen LogP contribution is 2.21. The van der Waals surface area contributed by atoms with Gasteiger partial charge in [-0.1, -0.05) is 12.1 Å². The lowest BCUT2D eigenvalue weighted by Crippen LogP contribution is -2.53. The summed E-state index contributed by atoms with van der Waals surface area (Å²) in [7, 11) is 1.75. The van der Waals surface area contributed by atoms with Crippen LogP contribution in [0.1, 0.15) is 12.0 Å². The third kappa shape index (κ3) is 5.40. The van der Waals surface area contributed by atoms with Gasteiger partial charge in [-0.05, 0) is 24.1 Å². The van der Waals surface area contributed by atoms with Crippen molar-refractivity contribution in [2.75, 3.05) is 53.1 Å². The number of hydrogen-bond acceptors (Lipinski definition) is 4. The highest BCUT2D eigenvalue weighted by Gasteiger charge is 2.31. The number of ether oxygens (including phenoxy) is 2. The Morgan fingerprint density at radius 2 is 2.12 bits per heavy atom. The number of hydrogen-bond donors (Lipinski definition) is 2. The Morgan fingerprint density at radius 1 is 1.27 bits per heavy atom. The van der Waals surface area contributed by atoms with Crippen molar-refractivity contribution in [3.05, 3.63) is 35.6 Å². The van der Waals surface area contributed by atoms with Gasteiger partial charge < -0.3 is 20.1 Å². The molecule has 144 valence electrons. The van der Waals surface area contributed by atoms with Gasteiger partial charge in [-0.25, -0.2) is 4.39 Å². The summed E-state index contributed by atoms with van der Waals surface area (Å²) in [5, 5.41) is 6.70. The third-order valence-electron chi connectivity index (χ3n) is 5.07. The topological polar surface area (TPSA) is 58.1 Å². The fraction of sp³-hybridized carbons (Fsp3) is 0.632. The monoisotopic (exact) mass is 364 g/mol. The Bertz CT molecular complexity index is 587. The first-order chi connectivity index (χ1) is 12.8. The second-order valence-corrected chi connectivity index (χ2v) is 6.78. The minimum absolute atomic E-state index is 0.221. The van der Waals surface area contributed by atoms with Crippen molar-refractivity contribution in [3.63, 3.8) is 0 Å². The number of rotatable bonds is 6. The molecule has 1 aromatic rings. The SMILES string of the molecule is CN=C(NCc1cccc(F)c1)NCC(C1CCOC1)N1CCOCC1. The lowest BCUT2D eigenvalue weighted by Gasteiger charge is -2.37. The van der Waals surface area contributed by atoms with Gasteiger partial charge >= 0.3 is 0 Å². The number of guanidine groups is 1. The molecular formula is C19H29FN4O2. The third-order valence-corrected chi connectivity index (χ3v) is 5.07. The van der Waals surface area contributed by atoms with E-state index < -0.39 is 0 Å². The molecule has 3 rings (SSSR count). The van der Waals surface area contributed by atoms with Crippen molar-refractivity contribution in [2.24, 2.45) is 10.9 Å². The second kappa shape index (κ2) is 9.85. The van der Waals surface area contributed by atoms with Gasteiger partial charge in [0.1, 0.15) is 5.82 Å². The van der Waals surface area contributed by atoms with Crippen LogP contribution in [0.15, 0.2) is 29.3 Å². The van der Waals surface area contributed by atoms with Crippen molar-refractivity contribution in [1.82, 2.24) is 15.5 Å². The normalized spacial score (nSPS) is 23.0. The first-order valence-corrected chi connectivity index (χ1v) is 9.35. The number of aliphatic imine (C=N–C) groups is 1. The molecule has 2 aliphatic heterocycles. The van der Waals surface area contributed by atoms with Gasteiger partial charge in [-0.2, -0.15) is 0 Å². The molecule has 7 heteroatoms. The quantitative estimate of drug-likeness (QED) is 0.587. The molecule has 2 unspecified atom stereocenters. The van der Waals surface area contributed by atoms with E-state index in [2.05, 4.69) is 20.5 Å². The Kier molecular flexibility index (Phi) is 7.22. The zero-order chi connectivity index (χ0) is 18.2. The van der Waals surface area contributed by atoms with Crippen molar-refractivity contribution < 1.29 is 13.9 Å².